The Bertz CT molecular complexity index is 988. The number of H-pyrrole nitrogens is 1. The van der Waals surface area contributed by atoms with Gasteiger partial charge in [-0.1, -0.05) is 11.6 Å². The first-order chi connectivity index (χ1) is 13.4. The van der Waals surface area contributed by atoms with Crippen LogP contribution in [0.4, 0.5) is 0 Å². The molecule has 28 heavy (non-hydrogen) atoms. The van der Waals surface area contributed by atoms with Gasteiger partial charge in [-0.05, 0) is 18.2 Å². The molecule has 0 spiro atoms. The molecule has 10 nitrogen and oxygen atoms in total. The van der Waals surface area contributed by atoms with Crippen molar-refractivity contribution >= 4 is 23.6 Å². The van der Waals surface area contributed by atoms with Gasteiger partial charge < -0.3 is 19.7 Å². The largest absolute Gasteiger partial charge is 0.459 e. The minimum Gasteiger partial charge on any atom is -0.459 e. The number of halogens is 1. The molecule has 11 heteroatoms. The lowest BCUT2D eigenvalue weighted by molar-refractivity contribution is -0.0599. The summed E-state index contributed by atoms with van der Waals surface area (Å²) in [7, 11) is 0. The minimum atomic E-state index is -1.50. The fourth-order valence-electron chi connectivity index (χ4n) is 2.70. The summed E-state index contributed by atoms with van der Waals surface area (Å²) in [5.74, 6) is -0.660. The zero-order valence-corrected chi connectivity index (χ0v) is 15.0. The van der Waals surface area contributed by atoms with E-state index in [1.54, 1.807) is 0 Å². The van der Waals surface area contributed by atoms with Crippen molar-refractivity contribution < 1.29 is 24.5 Å². The molecular weight excluding hydrogens is 394 g/mol. The number of hydrogen-bond donors (Lipinski definition) is 3. The number of rotatable bonds is 5. The second-order valence-corrected chi connectivity index (χ2v) is 6.18. The van der Waals surface area contributed by atoms with Gasteiger partial charge >= 0.3 is 11.7 Å². The average Bonchev–Trinajstić information content (AvgIpc) is 2.97. The van der Waals surface area contributed by atoms with Crippen LogP contribution in [0.5, 0.6) is 0 Å². The smallest absolute Gasteiger partial charge is 0.338 e. The Balaban J connectivity index is 1.76. The van der Waals surface area contributed by atoms with E-state index in [0.717, 1.165) is 16.3 Å². The normalized spacial score (nSPS) is 24.5. The van der Waals surface area contributed by atoms with E-state index in [2.05, 4.69) is 9.97 Å². The fourth-order valence-corrected chi connectivity index (χ4v) is 2.84. The number of esters is 1. The third-order valence-electron chi connectivity index (χ3n) is 4.14. The van der Waals surface area contributed by atoms with E-state index < -0.39 is 41.8 Å². The van der Waals surface area contributed by atoms with Crippen molar-refractivity contribution in [3.05, 3.63) is 68.2 Å². The maximum atomic E-state index is 12.1. The molecule has 3 rings (SSSR count). The summed E-state index contributed by atoms with van der Waals surface area (Å²) in [4.78, 5) is 41.6. The van der Waals surface area contributed by atoms with Crippen molar-refractivity contribution in [2.45, 2.75) is 24.5 Å². The van der Waals surface area contributed by atoms with Crippen LogP contribution in [0.3, 0.4) is 0 Å². The number of ether oxygens (including phenoxy) is 2. The topological polar surface area (TPSA) is 144 Å². The van der Waals surface area contributed by atoms with Crippen molar-refractivity contribution in [2.75, 3.05) is 6.61 Å². The Morgan fingerprint density at radius 1 is 1.32 bits per heavy atom. The van der Waals surface area contributed by atoms with Gasteiger partial charge in [0.25, 0.3) is 5.56 Å². The van der Waals surface area contributed by atoms with Gasteiger partial charge in [0.1, 0.15) is 24.9 Å². The third-order valence-corrected chi connectivity index (χ3v) is 4.27. The molecule has 1 fully saturated rings. The van der Waals surface area contributed by atoms with E-state index in [4.69, 9.17) is 21.1 Å². The van der Waals surface area contributed by atoms with Gasteiger partial charge in [0.2, 0.25) is 0 Å². The van der Waals surface area contributed by atoms with Gasteiger partial charge in [-0.2, -0.15) is 0 Å². The van der Waals surface area contributed by atoms with Crippen LogP contribution in [0.15, 0.2) is 45.8 Å². The van der Waals surface area contributed by atoms with E-state index >= 15 is 0 Å². The number of aliphatic hydroxyl groups is 2. The highest BCUT2D eigenvalue weighted by Crippen LogP contribution is 2.28. The Hall–Kier alpha value is -2.79. The molecule has 1 aliphatic rings. The predicted octanol–water partition coefficient (Wildman–Crippen LogP) is -0.383. The van der Waals surface area contributed by atoms with E-state index in [-0.39, 0.29) is 17.7 Å². The predicted molar refractivity (Wildman–Crippen MR) is 96.7 cm³/mol. The first kappa shape index (κ1) is 20.0. The minimum absolute atomic E-state index is 0.0486. The standard InChI is InChI=1S/C17H16ClN3O7/c18-4-1-10-7-21(17(26)20-14(10)24)15-13(23)12(22)11(28-15)8-27-16(25)9-2-5-19-6-3-9/h1-7,11-13,15,22-23H,8H2,(H,20,24,26). The highest BCUT2D eigenvalue weighted by molar-refractivity contribution is 6.27. The van der Waals surface area contributed by atoms with E-state index in [1.165, 1.54) is 30.6 Å². The van der Waals surface area contributed by atoms with Crippen molar-refractivity contribution in [1.82, 2.24) is 14.5 Å². The van der Waals surface area contributed by atoms with Gasteiger partial charge in [-0.3, -0.25) is 19.3 Å². The molecule has 3 N–H and O–H groups in total. The molecular formula is C17H16ClN3O7. The highest BCUT2D eigenvalue weighted by atomic mass is 35.5. The van der Waals surface area contributed by atoms with Gasteiger partial charge in [-0.15, -0.1) is 0 Å². The number of pyridine rings is 1. The molecule has 4 unspecified atom stereocenters. The van der Waals surface area contributed by atoms with Crippen LogP contribution in [0.1, 0.15) is 22.1 Å². The van der Waals surface area contributed by atoms with Crippen molar-refractivity contribution in [1.29, 1.82) is 0 Å². The molecule has 1 saturated heterocycles. The van der Waals surface area contributed by atoms with Crippen LogP contribution in [-0.4, -0.2) is 55.6 Å². The highest BCUT2D eigenvalue weighted by Gasteiger charge is 2.44. The maximum Gasteiger partial charge on any atom is 0.338 e. The summed E-state index contributed by atoms with van der Waals surface area (Å²) in [5.41, 5.74) is -0.126. The van der Waals surface area contributed by atoms with Crippen LogP contribution in [0.2, 0.25) is 0 Å². The fraction of sp³-hybridized carbons (Fsp3) is 0.294. The molecule has 3 heterocycles. The molecule has 0 aliphatic carbocycles. The van der Waals surface area contributed by atoms with Crippen molar-refractivity contribution in [3.8, 4) is 0 Å². The van der Waals surface area contributed by atoms with Crippen molar-refractivity contribution in [2.24, 2.45) is 0 Å². The number of carbonyl (C=O) groups excluding carboxylic acids is 1. The summed E-state index contributed by atoms with van der Waals surface area (Å²) in [6.07, 6.45) is -0.0709. The van der Waals surface area contributed by atoms with E-state index in [1.807, 2.05) is 0 Å². The first-order valence-corrected chi connectivity index (χ1v) is 8.57. The molecule has 0 saturated carbocycles. The SMILES string of the molecule is O=C(OCC1OC(n2cc(C=CCl)c(=O)[nH]c2=O)C(O)C1O)c1ccncc1. The molecule has 0 bridgehead atoms. The van der Waals surface area contributed by atoms with Crippen LogP contribution in [0, 0.1) is 0 Å². The third kappa shape index (κ3) is 4.04. The summed E-state index contributed by atoms with van der Waals surface area (Å²) < 4.78 is 11.5. The van der Waals surface area contributed by atoms with E-state index in [0.29, 0.717) is 0 Å². The monoisotopic (exact) mass is 409 g/mol. The Morgan fingerprint density at radius 2 is 2.04 bits per heavy atom. The number of carbonyl (C=O) groups is 1. The van der Waals surface area contributed by atoms with Crippen LogP contribution < -0.4 is 11.2 Å². The van der Waals surface area contributed by atoms with Gasteiger partial charge in [0, 0.05) is 24.1 Å². The Morgan fingerprint density at radius 3 is 2.71 bits per heavy atom. The van der Waals surface area contributed by atoms with Gasteiger partial charge in [0.15, 0.2) is 6.23 Å². The number of nitrogens with one attached hydrogen (secondary N) is 1. The number of hydrogen-bond acceptors (Lipinski definition) is 8. The summed E-state index contributed by atoms with van der Waals surface area (Å²) >= 11 is 5.46. The number of aromatic nitrogens is 3. The number of aromatic amines is 1. The Labute approximate surface area is 162 Å². The lowest BCUT2D eigenvalue weighted by atomic mass is 10.1. The quantitative estimate of drug-likeness (QED) is 0.567. The molecule has 1 aliphatic heterocycles. The lowest BCUT2D eigenvalue weighted by Gasteiger charge is -2.17. The second-order valence-electron chi connectivity index (χ2n) is 5.92. The number of nitrogens with zero attached hydrogens (tertiary/aromatic N) is 2. The molecule has 0 amide bonds. The molecule has 148 valence electrons. The summed E-state index contributed by atoms with van der Waals surface area (Å²) in [6.45, 7) is -0.359. The molecule has 2 aromatic rings. The lowest BCUT2D eigenvalue weighted by Crippen LogP contribution is -2.38. The zero-order chi connectivity index (χ0) is 20.3. The molecule has 0 radical (unpaired) electrons. The second kappa shape index (κ2) is 8.48. The Kier molecular flexibility index (Phi) is 6.05. The maximum absolute atomic E-state index is 12.1. The van der Waals surface area contributed by atoms with Crippen LogP contribution >= 0.6 is 11.6 Å². The molecule has 0 aromatic carbocycles. The van der Waals surface area contributed by atoms with E-state index in [9.17, 15) is 24.6 Å². The zero-order valence-electron chi connectivity index (χ0n) is 14.3. The first-order valence-electron chi connectivity index (χ1n) is 8.13. The molecule has 4 atom stereocenters. The van der Waals surface area contributed by atoms with Crippen LogP contribution in [0.25, 0.3) is 6.08 Å². The summed E-state index contributed by atoms with van der Waals surface area (Å²) in [5, 5.41) is 20.5. The number of aliphatic hydroxyl groups excluding tert-OH is 2. The molecule has 2 aromatic heterocycles. The summed E-state index contributed by atoms with van der Waals surface area (Å²) in [6, 6.07) is 2.91. The van der Waals surface area contributed by atoms with Gasteiger partial charge in [-0.25, -0.2) is 9.59 Å². The van der Waals surface area contributed by atoms with Crippen LogP contribution in [-0.2, 0) is 9.47 Å². The van der Waals surface area contributed by atoms with Crippen molar-refractivity contribution in [3.63, 3.8) is 0 Å². The van der Waals surface area contributed by atoms with Gasteiger partial charge in [0.05, 0.1) is 11.1 Å². The average molecular weight is 410 g/mol.